The smallest absolute Gasteiger partial charge is 0.369 e. The minimum Gasteiger partial charge on any atom is -0.369 e. The van der Waals surface area contributed by atoms with Crippen molar-refractivity contribution in [2.24, 2.45) is 16.7 Å². The Morgan fingerprint density at radius 2 is 1.94 bits per heavy atom. The molecule has 1 aliphatic carbocycles. The normalized spacial score (nSPS) is 26.4. The Morgan fingerprint density at radius 1 is 1.19 bits per heavy atom. The van der Waals surface area contributed by atoms with E-state index in [2.05, 4.69) is 26.8 Å². The molecule has 0 spiro atoms. The number of alkyl halides is 3. The first-order valence-corrected chi connectivity index (χ1v) is 12.0. The predicted octanol–water partition coefficient (Wildman–Crippen LogP) is 2.74. The number of benzene rings is 1. The fourth-order valence-electron chi connectivity index (χ4n) is 5.94. The number of nitrogens with zero attached hydrogens (tertiary/aromatic N) is 4. The van der Waals surface area contributed by atoms with Crippen LogP contribution < -0.4 is 15.8 Å². The van der Waals surface area contributed by atoms with Gasteiger partial charge in [-0.2, -0.15) is 18.4 Å². The molecule has 0 bridgehead atoms. The number of nitrogens with one attached hydrogen (secondary N) is 2. The maximum Gasteiger partial charge on any atom is 0.397 e. The average molecular weight is 501 g/mol. The Balaban J connectivity index is 1.33. The molecule has 36 heavy (non-hydrogen) atoms. The van der Waals surface area contributed by atoms with Gasteiger partial charge in [0.25, 0.3) is 0 Å². The third-order valence-corrected chi connectivity index (χ3v) is 8.13. The van der Waals surface area contributed by atoms with Crippen LogP contribution in [0.3, 0.4) is 0 Å². The lowest BCUT2D eigenvalue weighted by Gasteiger charge is -2.28. The lowest BCUT2D eigenvalue weighted by Crippen LogP contribution is -2.49. The summed E-state index contributed by atoms with van der Waals surface area (Å²) in [5.74, 6) is -1.03. The summed E-state index contributed by atoms with van der Waals surface area (Å²) in [7, 11) is 2.01. The molecule has 2 aliphatic heterocycles. The van der Waals surface area contributed by atoms with E-state index in [1.807, 2.05) is 7.05 Å². The number of piperidine rings is 2. The Morgan fingerprint density at radius 3 is 2.64 bits per heavy atom. The van der Waals surface area contributed by atoms with E-state index >= 15 is 0 Å². The van der Waals surface area contributed by atoms with Crippen LogP contribution in [-0.4, -0.2) is 61.1 Å². The molecular formula is C25H27F3N6O2. The molecule has 2 N–H and O–H groups in total. The number of anilines is 1. The van der Waals surface area contributed by atoms with Gasteiger partial charge in [-0.05, 0) is 69.6 Å². The van der Waals surface area contributed by atoms with Crippen molar-refractivity contribution in [3.63, 3.8) is 0 Å². The minimum atomic E-state index is -4.60. The number of carbonyl (C=O) groups excluding carboxylic acids is 2. The number of hydrazine groups is 1. The van der Waals surface area contributed by atoms with Gasteiger partial charge < -0.3 is 9.80 Å². The van der Waals surface area contributed by atoms with Gasteiger partial charge in [0.2, 0.25) is 11.8 Å². The van der Waals surface area contributed by atoms with Crippen LogP contribution in [0.4, 0.5) is 18.9 Å². The summed E-state index contributed by atoms with van der Waals surface area (Å²) in [6.07, 6.45) is -1.46. The van der Waals surface area contributed by atoms with Crippen molar-refractivity contribution in [2.45, 2.75) is 31.9 Å². The van der Waals surface area contributed by atoms with Crippen molar-refractivity contribution in [3.8, 4) is 6.07 Å². The van der Waals surface area contributed by atoms with Crippen LogP contribution in [0.2, 0.25) is 0 Å². The SMILES string of the molecule is CN1CCC(CC(=O)NNC(=O)[C@]23CN(c4ccc(C#N)c5ncccc45)C[C@@]2(C(F)(F)F)C3)CC1. The van der Waals surface area contributed by atoms with Crippen molar-refractivity contribution < 1.29 is 22.8 Å². The molecule has 3 aliphatic rings. The van der Waals surface area contributed by atoms with E-state index in [1.165, 1.54) is 12.3 Å². The first-order valence-electron chi connectivity index (χ1n) is 12.0. The fraction of sp³-hybridized carbons (Fsp3) is 0.520. The zero-order chi connectivity index (χ0) is 25.7. The maximum atomic E-state index is 14.3. The van der Waals surface area contributed by atoms with Gasteiger partial charge in [-0.3, -0.25) is 25.4 Å². The van der Waals surface area contributed by atoms with Gasteiger partial charge in [0.1, 0.15) is 11.5 Å². The minimum absolute atomic E-state index is 0.154. The number of nitriles is 1. The third-order valence-electron chi connectivity index (χ3n) is 8.13. The monoisotopic (exact) mass is 500 g/mol. The molecule has 11 heteroatoms. The molecule has 2 amide bonds. The van der Waals surface area contributed by atoms with Crippen molar-refractivity contribution in [1.82, 2.24) is 20.7 Å². The summed E-state index contributed by atoms with van der Waals surface area (Å²) in [4.78, 5) is 33.5. The molecule has 0 radical (unpaired) electrons. The van der Waals surface area contributed by atoms with E-state index in [0.29, 0.717) is 22.2 Å². The predicted molar refractivity (Wildman–Crippen MR) is 125 cm³/mol. The molecule has 8 nitrogen and oxygen atoms in total. The second-order valence-electron chi connectivity index (χ2n) is 10.3. The lowest BCUT2D eigenvalue weighted by molar-refractivity contribution is -0.191. The maximum absolute atomic E-state index is 14.3. The first kappa shape index (κ1) is 24.3. The van der Waals surface area contributed by atoms with Crippen LogP contribution in [0.15, 0.2) is 30.5 Å². The second kappa shape index (κ2) is 8.62. The molecule has 3 fully saturated rings. The van der Waals surface area contributed by atoms with Crippen molar-refractivity contribution >= 4 is 28.4 Å². The van der Waals surface area contributed by atoms with Crippen LogP contribution in [0.5, 0.6) is 0 Å². The standard InChI is InChI=1S/C25H27F3N6O2/c1-33-9-6-16(7-10-33)11-20(35)31-32-22(36)23-13-24(23,25(26,27)28)15-34(14-23)19-5-4-17(12-29)21-18(19)3-2-8-30-21/h2-5,8,16H,6-7,9-11,13-15H2,1H3,(H,31,35)(H,32,36)/t23-,24-/m0/s1. The molecular weight excluding hydrogens is 473 g/mol. The summed E-state index contributed by atoms with van der Waals surface area (Å²) in [5.41, 5.74) is 1.97. The molecule has 0 unspecified atom stereocenters. The molecule has 2 aromatic rings. The quantitative estimate of drug-likeness (QED) is 0.627. The van der Waals surface area contributed by atoms with Gasteiger partial charge in [-0.25, -0.2) is 0 Å². The van der Waals surface area contributed by atoms with Crippen LogP contribution in [0, 0.1) is 28.1 Å². The van der Waals surface area contributed by atoms with Crippen LogP contribution in [0.25, 0.3) is 10.9 Å². The van der Waals surface area contributed by atoms with Crippen molar-refractivity contribution in [2.75, 3.05) is 38.1 Å². The van der Waals surface area contributed by atoms with Gasteiger partial charge in [0.05, 0.1) is 16.5 Å². The molecule has 2 atom stereocenters. The summed E-state index contributed by atoms with van der Waals surface area (Å²) < 4.78 is 42.9. The Bertz CT molecular complexity index is 1250. The zero-order valence-corrected chi connectivity index (χ0v) is 19.9. The number of amides is 2. The molecule has 1 saturated carbocycles. The van der Waals surface area contributed by atoms with Crippen LogP contribution in [-0.2, 0) is 9.59 Å². The number of fused-ring (bicyclic) bond motifs is 2. The van der Waals surface area contributed by atoms with Gasteiger partial charge in [0, 0.05) is 36.8 Å². The summed E-state index contributed by atoms with van der Waals surface area (Å²) in [6, 6.07) is 8.56. The number of hydrogen-bond donors (Lipinski definition) is 2. The lowest BCUT2D eigenvalue weighted by atomic mass is 9.93. The van der Waals surface area contributed by atoms with E-state index in [0.717, 1.165) is 25.9 Å². The molecule has 5 rings (SSSR count). The number of hydrogen-bond acceptors (Lipinski definition) is 6. The van der Waals surface area contributed by atoms with E-state index in [9.17, 15) is 28.0 Å². The number of carbonyl (C=O) groups is 2. The van der Waals surface area contributed by atoms with Gasteiger partial charge in [-0.15, -0.1) is 0 Å². The highest BCUT2D eigenvalue weighted by molar-refractivity contribution is 5.97. The molecule has 1 aromatic heterocycles. The topological polar surface area (TPSA) is 101 Å². The average Bonchev–Trinajstić information content (AvgIpc) is 3.40. The van der Waals surface area contributed by atoms with Crippen LogP contribution >= 0.6 is 0 Å². The van der Waals surface area contributed by atoms with Crippen LogP contribution in [0.1, 0.15) is 31.2 Å². The summed E-state index contributed by atoms with van der Waals surface area (Å²) in [5, 5.41) is 9.93. The molecule has 3 heterocycles. The Kier molecular flexibility index (Phi) is 5.82. The number of rotatable bonds is 4. The molecule has 190 valence electrons. The molecule has 2 saturated heterocycles. The Labute approximate surface area is 206 Å². The largest absolute Gasteiger partial charge is 0.397 e. The number of halogens is 3. The van der Waals surface area contributed by atoms with Crippen molar-refractivity contribution in [1.29, 1.82) is 5.26 Å². The van der Waals surface area contributed by atoms with Crippen molar-refractivity contribution in [3.05, 3.63) is 36.0 Å². The van der Waals surface area contributed by atoms with E-state index in [-0.39, 0.29) is 31.8 Å². The first-order chi connectivity index (χ1) is 17.1. The van der Waals surface area contributed by atoms with E-state index in [1.54, 1.807) is 23.1 Å². The summed E-state index contributed by atoms with van der Waals surface area (Å²) in [6.45, 7) is 1.23. The highest BCUT2D eigenvalue weighted by Gasteiger charge is 2.86. The van der Waals surface area contributed by atoms with Gasteiger partial charge in [-0.1, -0.05) is 0 Å². The summed E-state index contributed by atoms with van der Waals surface area (Å²) >= 11 is 0. The zero-order valence-electron chi connectivity index (χ0n) is 19.9. The number of pyridine rings is 1. The number of likely N-dealkylation sites (tertiary alicyclic amines) is 1. The van der Waals surface area contributed by atoms with Gasteiger partial charge >= 0.3 is 6.18 Å². The third kappa shape index (κ3) is 3.84. The van der Waals surface area contributed by atoms with E-state index < -0.39 is 28.8 Å². The number of aromatic nitrogens is 1. The van der Waals surface area contributed by atoms with E-state index in [4.69, 9.17) is 0 Å². The fourth-order valence-corrected chi connectivity index (χ4v) is 5.94. The molecule has 1 aromatic carbocycles. The second-order valence-corrected chi connectivity index (χ2v) is 10.3. The Hall–Kier alpha value is -3.39. The highest BCUT2D eigenvalue weighted by atomic mass is 19.4. The van der Waals surface area contributed by atoms with Gasteiger partial charge in [0.15, 0.2) is 0 Å². The highest BCUT2D eigenvalue weighted by Crippen LogP contribution is 2.75.